The first-order valence-corrected chi connectivity index (χ1v) is 19.7. The molecule has 10 heteroatoms. The van der Waals surface area contributed by atoms with Gasteiger partial charge in [-0.25, -0.2) is 0 Å². The number of hydrogen-bond acceptors (Lipinski definition) is 2. The van der Waals surface area contributed by atoms with Gasteiger partial charge in [0.1, 0.15) is 0 Å². The summed E-state index contributed by atoms with van der Waals surface area (Å²) in [4.78, 5) is 0. The minimum absolute atomic E-state index is 0.0491. The number of benzene rings is 7. The van der Waals surface area contributed by atoms with Crippen LogP contribution >= 0.6 is 14.3 Å². The average Bonchev–Trinajstić information content (AvgIpc) is 3.13. The topological polar surface area (TPSA) is 34.1 Å². The predicted molar refractivity (Wildman–Crippen MR) is 200 cm³/mol. The normalized spacial score (nSPS) is 12.8. The smallest absolute Gasteiger partial charge is 0.309 e. The molecule has 2 nitrogen and oxygen atoms in total. The van der Waals surface area contributed by atoms with Crippen molar-refractivity contribution in [1.29, 1.82) is 0 Å². The monoisotopic (exact) mass is 742 g/mol. The molecule has 0 aliphatic rings. The van der Waals surface area contributed by atoms with Crippen molar-refractivity contribution in [3.63, 3.8) is 0 Å². The number of fused-ring (bicyclic) bond motifs is 3. The first-order valence-electron chi connectivity index (χ1n) is 16.3. The minimum Gasteiger partial charge on any atom is -0.309 e. The molecule has 0 spiro atoms. The maximum atomic E-state index is 15.2. The van der Waals surface area contributed by atoms with Crippen LogP contribution < -0.4 is 31.8 Å². The van der Waals surface area contributed by atoms with E-state index >= 15 is 9.13 Å². The fourth-order valence-corrected chi connectivity index (χ4v) is 11.8. The number of aryl methyl sites for hydroxylation is 2. The van der Waals surface area contributed by atoms with E-state index in [0.717, 1.165) is 75.8 Å². The third kappa shape index (κ3) is 6.29. The van der Waals surface area contributed by atoms with Gasteiger partial charge in [-0.05, 0) is 71.8 Å². The van der Waals surface area contributed by atoms with Crippen LogP contribution in [0.15, 0.2) is 146 Å². The van der Waals surface area contributed by atoms with Crippen molar-refractivity contribution in [3.8, 4) is 0 Å². The zero-order valence-corrected chi connectivity index (χ0v) is 29.6. The molecular weight excluding hydrogens is 712 g/mol. The second kappa shape index (κ2) is 12.9. The molecule has 0 fully saturated rings. The first kappa shape index (κ1) is 35.5. The Bertz CT molecular complexity index is 2430. The highest BCUT2D eigenvalue weighted by atomic mass is 31.2. The molecule has 7 aromatic carbocycles. The summed E-state index contributed by atoms with van der Waals surface area (Å²) >= 11 is 0. The molecule has 0 saturated carbocycles. The average molecular weight is 743 g/mol. The van der Waals surface area contributed by atoms with E-state index in [1.165, 1.54) is 0 Å². The Morgan fingerprint density at radius 1 is 0.365 bits per heavy atom. The molecule has 52 heavy (non-hydrogen) atoms. The van der Waals surface area contributed by atoms with Crippen molar-refractivity contribution in [1.82, 2.24) is 0 Å². The maximum Gasteiger partial charge on any atom is 0.416 e. The summed E-state index contributed by atoms with van der Waals surface area (Å²) in [6, 6.07) is 37.5. The SMILES string of the molecule is Cc1ccc(P(=O)(c2ccc(C)cc2)c2ccc3c(ccc4cc(P(=O)(c5ccc(C(F)(F)F)cc5)c5ccc(C(F)(F)F)cc5)ccc43)c2)cc1. The van der Waals surface area contributed by atoms with E-state index in [1.54, 1.807) is 18.2 Å². The number of rotatable bonds is 6. The highest BCUT2D eigenvalue weighted by Crippen LogP contribution is 2.46. The molecule has 0 radical (unpaired) electrons. The van der Waals surface area contributed by atoms with Crippen LogP contribution in [0.3, 0.4) is 0 Å². The molecule has 0 unspecified atom stereocenters. The molecule has 7 aromatic rings. The molecule has 0 amide bonds. The van der Waals surface area contributed by atoms with Crippen molar-refractivity contribution in [2.45, 2.75) is 26.2 Å². The predicted octanol–water partition coefficient (Wildman–Crippen LogP) is 9.93. The lowest BCUT2D eigenvalue weighted by Gasteiger charge is -2.22. The zero-order valence-electron chi connectivity index (χ0n) is 27.8. The Morgan fingerprint density at radius 2 is 0.635 bits per heavy atom. The van der Waals surface area contributed by atoms with Crippen molar-refractivity contribution in [3.05, 3.63) is 168 Å². The third-order valence-electron chi connectivity index (χ3n) is 9.44. The van der Waals surface area contributed by atoms with Gasteiger partial charge in [0.25, 0.3) is 0 Å². The summed E-state index contributed by atoms with van der Waals surface area (Å²) in [7, 11) is -7.25. The van der Waals surface area contributed by atoms with E-state index in [9.17, 15) is 26.3 Å². The van der Waals surface area contributed by atoms with Gasteiger partial charge in [0.2, 0.25) is 0 Å². The van der Waals surface area contributed by atoms with Gasteiger partial charge in [-0.15, -0.1) is 0 Å². The van der Waals surface area contributed by atoms with Gasteiger partial charge in [0.05, 0.1) is 11.1 Å². The van der Waals surface area contributed by atoms with E-state index in [1.807, 2.05) is 92.7 Å². The number of halogens is 6. The van der Waals surface area contributed by atoms with Gasteiger partial charge in [0.15, 0.2) is 14.3 Å². The van der Waals surface area contributed by atoms with E-state index in [0.29, 0.717) is 21.3 Å². The van der Waals surface area contributed by atoms with Crippen LogP contribution in [-0.4, -0.2) is 0 Å². The molecule has 0 aliphatic heterocycles. The Kier molecular flexibility index (Phi) is 8.84. The Balaban J connectivity index is 1.37. The Hall–Kier alpha value is -4.90. The maximum absolute atomic E-state index is 15.2. The molecule has 0 atom stereocenters. The van der Waals surface area contributed by atoms with Gasteiger partial charge in [-0.1, -0.05) is 120 Å². The van der Waals surface area contributed by atoms with Crippen LogP contribution in [0.1, 0.15) is 22.3 Å². The zero-order chi connectivity index (χ0) is 37.1. The number of hydrogen-bond donors (Lipinski definition) is 0. The minimum atomic E-state index is -4.63. The molecule has 0 heterocycles. The van der Waals surface area contributed by atoms with Crippen LogP contribution in [0.5, 0.6) is 0 Å². The summed E-state index contributed by atoms with van der Waals surface area (Å²) in [5.74, 6) is 0. The lowest BCUT2D eigenvalue weighted by molar-refractivity contribution is -0.138. The molecule has 0 aromatic heterocycles. The highest BCUT2D eigenvalue weighted by Gasteiger charge is 2.36. The van der Waals surface area contributed by atoms with Crippen LogP contribution in [0, 0.1) is 13.8 Å². The molecular formula is C42H30F6O2P2. The van der Waals surface area contributed by atoms with Crippen LogP contribution in [0.2, 0.25) is 0 Å². The quantitative estimate of drug-likeness (QED) is 0.0967. The molecule has 0 N–H and O–H groups in total. The second-order valence-corrected chi connectivity index (χ2v) is 18.4. The van der Waals surface area contributed by atoms with Gasteiger partial charge < -0.3 is 9.13 Å². The van der Waals surface area contributed by atoms with Gasteiger partial charge in [-0.3, -0.25) is 0 Å². The molecule has 7 rings (SSSR count). The van der Waals surface area contributed by atoms with Crippen LogP contribution in [0.4, 0.5) is 26.3 Å². The van der Waals surface area contributed by atoms with Crippen molar-refractivity contribution >= 4 is 67.7 Å². The Labute approximate surface area is 296 Å². The standard InChI is InChI=1S/C42H30F6O2P2/c1-27-3-13-33(14-4-27)51(49,34-15-5-28(2)6-16-34)37-21-23-39-29(25-37)7-8-30-26-38(22-24-40(30)39)52(50,35-17-9-31(10-18-35)41(43,44)45)36-19-11-32(12-20-36)42(46,47)48/h3-26H,1-2H3. The summed E-state index contributed by atoms with van der Waals surface area (Å²) in [5.41, 5.74) is 0.220. The molecule has 0 aliphatic carbocycles. The molecule has 262 valence electrons. The van der Waals surface area contributed by atoms with Gasteiger partial charge >= 0.3 is 12.4 Å². The lowest BCUT2D eigenvalue weighted by Crippen LogP contribution is -2.26. The van der Waals surface area contributed by atoms with E-state index in [2.05, 4.69) is 0 Å². The van der Waals surface area contributed by atoms with Crippen LogP contribution in [0.25, 0.3) is 21.5 Å². The van der Waals surface area contributed by atoms with Crippen molar-refractivity contribution in [2.75, 3.05) is 0 Å². The van der Waals surface area contributed by atoms with E-state index in [-0.39, 0.29) is 15.9 Å². The number of alkyl halides is 6. The van der Waals surface area contributed by atoms with Crippen LogP contribution in [-0.2, 0) is 21.5 Å². The van der Waals surface area contributed by atoms with Gasteiger partial charge in [0, 0.05) is 31.8 Å². The largest absolute Gasteiger partial charge is 0.416 e. The van der Waals surface area contributed by atoms with E-state index in [4.69, 9.17) is 0 Å². The first-order chi connectivity index (χ1) is 24.6. The third-order valence-corrected chi connectivity index (χ3v) is 15.6. The summed E-state index contributed by atoms with van der Waals surface area (Å²) < 4.78 is 111. The summed E-state index contributed by atoms with van der Waals surface area (Å²) in [5, 5.41) is 5.48. The fraction of sp³-hybridized carbons (Fsp3) is 0.0952. The van der Waals surface area contributed by atoms with Crippen molar-refractivity contribution in [2.24, 2.45) is 0 Å². The van der Waals surface area contributed by atoms with Gasteiger partial charge in [-0.2, -0.15) is 26.3 Å². The Morgan fingerprint density at radius 3 is 0.923 bits per heavy atom. The second-order valence-electron chi connectivity index (χ2n) is 12.9. The lowest BCUT2D eigenvalue weighted by atomic mass is 10.0. The molecule has 0 saturated heterocycles. The summed E-state index contributed by atoms with van der Waals surface area (Å²) in [6.07, 6.45) is -9.26. The summed E-state index contributed by atoms with van der Waals surface area (Å²) in [6.45, 7) is 3.94. The highest BCUT2D eigenvalue weighted by molar-refractivity contribution is 7.85. The molecule has 0 bridgehead atoms. The fourth-order valence-electron chi connectivity index (χ4n) is 6.56. The van der Waals surface area contributed by atoms with Crippen molar-refractivity contribution < 1.29 is 35.5 Å². The van der Waals surface area contributed by atoms with E-state index < -0.39 is 37.8 Å².